The Balaban J connectivity index is 2.78. The highest BCUT2D eigenvalue weighted by Crippen LogP contribution is 2.11. The largest absolute Gasteiger partial charge is 0.478 e. The summed E-state index contributed by atoms with van der Waals surface area (Å²) in [6, 6.07) is 7.58. The third-order valence-electron chi connectivity index (χ3n) is 1.02. The van der Waals surface area contributed by atoms with Crippen LogP contribution in [0.5, 0.6) is 5.75 Å². The Bertz CT molecular complexity index is 330. The topological polar surface area (TPSA) is 72.5 Å². The van der Waals surface area contributed by atoms with Crippen LogP contribution in [0.1, 0.15) is 0 Å². The van der Waals surface area contributed by atoms with Gasteiger partial charge in [-0.2, -0.15) is 8.42 Å². The van der Waals surface area contributed by atoms with Crippen molar-refractivity contribution in [3.05, 3.63) is 30.3 Å². The van der Waals surface area contributed by atoms with Crippen molar-refractivity contribution >= 4 is 10.4 Å². The zero-order valence-corrected chi connectivity index (χ0v) is 6.65. The van der Waals surface area contributed by atoms with Gasteiger partial charge in [0.15, 0.2) is 0 Å². The highest BCUT2D eigenvalue weighted by atomic mass is 32.3. The summed E-state index contributed by atoms with van der Waals surface area (Å²) in [7, 11) is -4.43. The molecule has 12 heavy (non-hydrogen) atoms. The molecule has 0 aliphatic carbocycles. The smallest absolute Gasteiger partial charge is 0.360 e. The van der Waals surface area contributed by atoms with Crippen LogP contribution >= 0.6 is 0 Å². The van der Waals surface area contributed by atoms with Gasteiger partial charge in [0.2, 0.25) is 0 Å². The summed E-state index contributed by atoms with van der Waals surface area (Å²) in [4.78, 5) is 0. The molecule has 5 nitrogen and oxygen atoms in total. The summed E-state index contributed by atoms with van der Waals surface area (Å²) < 4.78 is 27.9. The van der Waals surface area contributed by atoms with Gasteiger partial charge in [-0.3, -0.25) is 0 Å². The summed E-state index contributed by atoms with van der Waals surface area (Å²) in [6.07, 6.45) is 0. The number of benzene rings is 1. The van der Waals surface area contributed by atoms with E-state index in [9.17, 15) is 13.7 Å². The van der Waals surface area contributed by atoms with Crippen LogP contribution in [0, 0.1) is 0 Å². The summed E-state index contributed by atoms with van der Waals surface area (Å²) in [5.74, 6) is 0.0355. The summed E-state index contributed by atoms with van der Waals surface area (Å²) >= 11 is 0. The highest BCUT2D eigenvalue weighted by molar-refractivity contribution is 7.82. The fourth-order valence-corrected chi connectivity index (χ4v) is 0.982. The third-order valence-corrected chi connectivity index (χ3v) is 1.59. The van der Waals surface area contributed by atoms with E-state index in [0.717, 1.165) is 0 Å². The predicted octanol–water partition coefficient (Wildman–Crippen LogP) is 0.672. The van der Waals surface area contributed by atoms with E-state index in [1.807, 2.05) is 0 Å². The van der Waals surface area contributed by atoms with Crippen molar-refractivity contribution in [3.63, 3.8) is 0 Å². The maximum atomic E-state index is 10.4. The standard InChI is InChI=1S/C6H5O5S/c7-11-12(8,9)10-6-4-2-1-3-5-6/h1-5H. The number of para-hydroxylation sites is 1. The minimum Gasteiger partial charge on any atom is -0.360 e. The zero-order chi connectivity index (χ0) is 9.03. The Hall–Kier alpha value is -1.11. The van der Waals surface area contributed by atoms with Crippen molar-refractivity contribution in [1.29, 1.82) is 0 Å². The molecule has 0 amide bonds. The van der Waals surface area contributed by atoms with E-state index in [4.69, 9.17) is 0 Å². The van der Waals surface area contributed by atoms with E-state index in [2.05, 4.69) is 8.52 Å². The van der Waals surface area contributed by atoms with E-state index >= 15 is 0 Å². The first-order chi connectivity index (χ1) is 5.64. The lowest BCUT2D eigenvalue weighted by molar-refractivity contribution is -0.208. The molecule has 6 heteroatoms. The Morgan fingerprint density at radius 2 is 1.67 bits per heavy atom. The molecule has 0 bridgehead atoms. The van der Waals surface area contributed by atoms with Gasteiger partial charge >= 0.3 is 10.4 Å². The summed E-state index contributed by atoms with van der Waals surface area (Å²) in [5.41, 5.74) is 0. The quantitative estimate of drug-likeness (QED) is 0.517. The maximum Gasteiger partial charge on any atom is 0.478 e. The molecule has 65 valence electrons. The van der Waals surface area contributed by atoms with Crippen LogP contribution in [0.25, 0.3) is 0 Å². The minimum absolute atomic E-state index is 0.0355. The van der Waals surface area contributed by atoms with Crippen LogP contribution in [0.15, 0.2) is 30.3 Å². The molecule has 1 aromatic carbocycles. The predicted molar refractivity (Wildman–Crippen MR) is 37.8 cm³/mol. The highest BCUT2D eigenvalue weighted by Gasteiger charge is 2.12. The first-order valence-corrected chi connectivity index (χ1v) is 4.28. The van der Waals surface area contributed by atoms with Crippen LogP contribution in [-0.4, -0.2) is 8.42 Å². The van der Waals surface area contributed by atoms with Crippen molar-refractivity contribution in [1.82, 2.24) is 0 Å². The molecule has 0 spiro atoms. The molecule has 0 heterocycles. The van der Waals surface area contributed by atoms with E-state index in [1.165, 1.54) is 12.1 Å². The van der Waals surface area contributed by atoms with Gasteiger partial charge in [0.1, 0.15) is 5.75 Å². The van der Waals surface area contributed by atoms with Gasteiger partial charge in [-0.1, -0.05) is 18.2 Å². The van der Waals surface area contributed by atoms with Crippen molar-refractivity contribution in [2.45, 2.75) is 0 Å². The molecule has 1 aromatic rings. The molecule has 0 atom stereocenters. The lowest BCUT2D eigenvalue weighted by Crippen LogP contribution is -2.09. The van der Waals surface area contributed by atoms with Crippen LogP contribution in [0.3, 0.4) is 0 Å². The Kier molecular flexibility index (Phi) is 2.64. The second-order valence-corrected chi connectivity index (χ2v) is 2.99. The molecular formula is C6H5O5S. The summed E-state index contributed by atoms with van der Waals surface area (Å²) in [6.45, 7) is 0. The lowest BCUT2D eigenvalue weighted by atomic mass is 10.3. The second-order valence-electron chi connectivity index (χ2n) is 1.87. The lowest BCUT2D eigenvalue weighted by Gasteiger charge is -1.99. The number of rotatable bonds is 3. The van der Waals surface area contributed by atoms with Crippen LogP contribution in [0.2, 0.25) is 0 Å². The molecule has 1 radical (unpaired) electrons. The van der Waals surface area contributed by atoms with Crippen molar-refractivity contribution in [2.24, 2.45) is 0 Å². The average Bonchev–Trinajstić information content (AvgIpc) is 2.06. The first-order valence-electron chi connectivity index (χ1n) is 2.95. The molecule has 0 aliphatic rings. The maximum absolute atomic E-state index is 10.4. The van der Waals surface area contributed by atoms with Crippen LogP contribution in [0.4, 0.5) is 0 Å². The first kappa shape index (κ1) is 8.98. The molecule has 0 aliphatic heterocycles. The molecule has 0 saturated heterocycles. The average molecular weight is 189 g/mol. The Morgan fingerprint density at radius 3 is 2.17 bits per heavy atom. The Labute approximate surface area is 69.4 Å². The molecule has 1 rings (SSSR count). The van der Waals surface area contributed by atoms with Gasteiger partial charge in [-0.25, -0.2) is 0 Å². The monoisotopic (exact) mass is 189 g/mol. The number of hydrogen-bond acceptors (Lipinski definition) is 4. The molecule has 0 N–H and O–H groups in total. The van der Waals surface area contributed by atoms with Crippen molar-refractivity contribution < 1.29 is 22.2 Å². The minimum atomic E-state index is -4.43. The van der Waals surface area contributed by atoms with E-state index in [-0.39, 0.29) is 5.75 Å². The van der Waals surface area contributed by atoms with Gasteiger partial charge in [0.05, 0.1) is 0 Å². The van der Waals surface area contributed by atoms with Crippen LogP contribution < -0.4 is 4.18 Å². The molecule has 0 fully saturated rings. The van der Waals surface area contributed by atoms with Gasteiger partial charge in [-0.15, -0.1) is 0 Å². The molecule has 0 unspecified atom stereocenters. The fraction of sp³-hybridized carbons (Fsp3) is 0. The van der Waals surface area contributed by atoms with Gasteiger partial charge < -0.3 is 4.18 Å². The third kappa shape index (κ3) is 2.50. The van der Waals surface area contributed by atoms with Crippen molar-refractivity contribution in [2.75, 3.05) is 0 Å². The van der Waals surface area contributed by atoms with Crippen molar-refractivity contribution in [3.8, 4) is 5.75 Å². The molecule has 0 aromatic heterocycles. The van der Waals surface area contributed by atoms with Gasteiger partial charge in [0, 0.05) is 0 Å². The zero-order valence-electron chi connectivity index (χ0n) is 5.84. The normalized spacial score (nSPS) is 11.1. The fourth-order valence-electron chi connectivity index (χ4n) is 0.608. The van der Waals surface area contributed by atoms with E-state index < -0.39 is 10.4 Å². The SMILES string of the molecule is [O]OS(=O)(=O)Oc1ccccc1. The number of hydrogen-bond donors (Lipinski definition) is 0. The Morgan fingerprint density at radius 1 is 1.08 bits per heavy atom. The van der Waals surface area contributed by atoms with Gasteiger partial charge in [-0.05, 0) is 21.7 Å². The van der Waals surface area contributed by atoms with E-state index in [0.29, 0.717) is 0 Å². The summed E-state index contributed by atoms with van der Waals surface area (Å²) in [5, 5.41) is 9.54. The van der Waals surface area contributed by atoms with Gasteiger partial charge in [0.25, 0.3) is 0 Å². The molecular weight excluding hydrogens is 184 g/mol. The second kappa shape index (κ2) is 3.53. The molecule has 0 saturated carbocycles. The van der Waals surface area contributed by atoms with E-state index in [1.54, 1.807) is 18.2 Å². The van der Waals surface area contributed by atoms with Crippen LogP contribution in [-0.2, 0) is 20.0 Å².